The molecule has 0 atom stereocenters. The van der Waals surface area contributed by atoms with Gasteiger partial charge in [-0.15, -0.1) is 0 Å². The number of carbonyl (C=O) groups excluding carboxylic acids is 1. The Morgan fingerprint density at radius 2 is 1.68 bits per heavy atom. The van der Waals surface area contributed by atoms with Gasteiger partial charge in [-0.05, 0) is 33.6 Å². The average Bonchev–Trinajstić information content (AvgIpc) is 2.27. The second-order valence-electron chi connectivity index (χ2n) is 7.31. The second kappa shape index (κ2) is 5.70. The molecule has 1 amide bonds. The van der Waals surface area contributed by atoms with Crippen molar-refractivity contribution in [3.63, 3.8) is 0 Å². The van der Waals surface area contributed by atoms with Gasteiger partial charge in [0.05, 0.1) is 12.1 Å². The zero-order chi connectivity index (χ0) is 14.7. The van der Waals surface area contributed by atoms with Crippen LogP contribution in [0.15, 0.2) is 0 Å². The highest BCUT2D eigenvalue weighted by atomic mass is 16.6. The molecule has 1 aliphatic carbocycles. The van der Waals surface area contributed by atoms with E-state index in [0.29, 0.717) is 0 Å². The van der Waals surface area contributed by atoms with Crippen LogP contribution in [-0.2, 0) is 4.74 Å². The smallest absolute Gasteiger partial charge is 0.408 e. The summed E-state index contributed by atoms with van der Waals surface area (Å²) in [4.78, 5) is 12.1. The monoisotopic (exact) mass is 271 g/mol. The van der Waals surface area contributed by atoms with Gasteiger partial charge in [-0.2, -0.15) is 0 Å². The lowest BCUT2D eigenvalue weighted by Gasteiger charge is -2.48. The second-order valence-corrected chi connectivity index (χ2v) is 7.31. The molecular formula is C15H29NO3. The van der Waals surface area contributed by atoms with Crippen LogP contribution in [0.3, 0.4) is 0 Å². The third-order valence-electron chi connectivity index (χ3n) is 4.14. The van der Waals surface area contributed by atoms with E-state index in [9.17, 15) is 9.90 Å². The molecule has 0 aromatic carbocycles. The van der Waals surface area contributed by atoms with Gasteiger partial charge in [0.15, 0.2) is 0 Å². The van der Waals surface area contributed by atoms with Crippen LogP contribution in [0.5, 0.6) is 0 Å². The van der Waals surface area contributed by atoms with Gasteiger partial charge in [0.25, 0.3) is 0 Å². The predicted molar refractivity (Wildman–Crippen MR) is 76.1 cm³/mol. The van der Waals surface area contributed by atoms with Crippen molar-refractivity contribution in [2.24, 2.45) is 5.41 Å². The Balaban J connectivity index is 2.84. The van der Waals surface area contributed by atoms with Crippen molar-refractivity contribution in [1.82, 2.24) is 5.32 Å². The minimum absolute atomic E-state index is 0.0583. The maximum Gasteiger partial charge on any atom is 0.408 e. The number of rotatable bonds is 3. The van der Waals surface area contributed by atoms with E-state index in [4.69, 9.17) is 4.74 Å². The quantitative estimate of drug-likeness (QED) is 0.828. The van der Waals surface area contributed by atoms with Crippen molar-refractivity contribution < 1.29 is 14.6 Å². The van der Waals surface area contributed by atoms with Gasteiger partial charge in [-0.1, -0.05) is 33.1 Å². The van der Waals surface area contributed by atoms with E-state index in [2.05, 4.69) is 5.32 Å². The molecule has 19 heavy (non-hydrogen) atoms. The Morgan fingerprint density at radius 3 is 2.11 bits per heavy atom. The highest BCUT2D eigenvalue weighted by Gasteiger charge is 2.46. The van der Waals surface area contributed by atoms with Crippen LogP contribution in [0.1, 0.15) is 66.7 Å². The van der Waals surface area contributed by atoms with Crippen LogP contribution >= 0.6 is 0 Å². The van der Waals surface area contributed by atoms with Crippen LogP contribution in [-0.4, -0.2) is 28.9 Å². The number of aliphatic hydroxyl groups is 1. The Kier molecular flexibility index (Phi) is 4.88. The first-order valence-electron chi connectivity index (χ1n) is 7.24. The third kappa shape index (κ3) is 4.10. The topological polar surface area (TPSA) is 58.6 Å². The summed E-state index contributed by atoms with van der Waals surface area (Å²) in [5.74, 6) is 0. The van der Waals surface area contributed by atoms with Crippen LogP contribution in [0.25, 0.3) is 0 Å². The number of ether oxygens (including phenoxy) is 1. The Morgan fingerprint density at radius 1 is 1.16 bits per heavy atom. The lowest BCUT2D eigenvalue weighted by molar-refractivity contribution is 0.000190. The first kappa shape index (κ1) is 16.3. The summed E-state index contributed by atoms with van der Waals surface area (Å²) in [7, 11) is 0. The molecule has 4 heteroatoms. The van der Waals surface area contributed by atoms with Gasteiger partial charge in [0.1, 0.15) is 5.60 Å². The lowest BCUT2D eigenvalue weighted by atomic mass is 9.65. The van der Waals surface area contributed by atoms with Gasteiger partial charge in [0.2, 0.25) is 0 Å². The fourth-order valence-electron chi connectivity index (χ4n) is 2.78. The van der Waals surface area contributed by atoms with Crippen molar-refractivity contribution >= 4 is 6.09 Å². The van der Waals surface area contributed by atoms with Crippen LogP contribution in [0, 0.1) is 5.41 Å². The first-order valence-corrected chi connectivity index (χ1v) is 7.24. The van der Waals surface area contributed by atoms with E-state index in [0.717, 1.165) is 25.7 Å². The van der Waals surface area contributed by atoms with E-state index in [1.807, 2.05) is 34.6 Å². The minimum Gasteiger partial charge on any atom is -0.444 e. The van der Waals surface area contributed by atoms with E-state index < -0.39 is 5.60 Å². The molecule has 2 N–H and O–H groups in total. The molecule has 0 aromatic heterocycles. The number of hydrogen-bond donors (Lipinski definition) is 2. The first-order chi connectivity index (χ1) is 8.62. The molecule has 0 radical (unpaired) electrons. The van der Waals surface area contributed by atoms with Crippen molar-refractivity contribution in [2.45, 2.75) is 77.9 Å². The molecule has 4 nitrogen and oxygen atoms in total. The fourth-order valence-corrected chi connectivity index (χ4v) is 2.78. The molecule has 0 aliphatic heterocycles. The van der Waals surface area contributed by atoms with E-state index in [-0.39, 0.29) is 23.7 Å². The zero-order valence-corrected chi connectivity index (χ0v) is 13.0. The van der Waals surface area contributed by atoms with Crippen LogP contribution in [0.2, 0.25) is 0 Å². The zero-order valence-electron chi connectivity index (χ0n) is 13.0. The van der Waals surface area contributed by atoms with Gasteiger partial charge >= 0.3 is 6.09 Å². The maximum absolute atomic E-state index is 12.1. The summed E-state index contributed by atoms with van der Waals surface area (Å²) in [5.41, 5.74) is -1.20. The van der Waals surface area contributed by atoms with E-state index in [1.165, 1.54) is 6.42 Å². The molecular weight excluding hydrogens is 242 g/mol. The Hall–Kier alpha value is -0.770. The number of aliphatic hydroxyl groups excluding tert-OH is 1. The van der Waals surface area contributed by atoms with Crippen molar-refractivity contribution in [2.75, 3.05) is 6.61 Å². The summed E-state index contributed by atoms with van der Waals surface area (Å²) in [6.07, 6.45) is 4.79. The summed E-state index contributed by atoms with van der Waals surface area (Å²) < 4.78 is 5.37. The lowest BCUT2D eigenvalue weighted by Crippen LogP contribution is -2.60. The Bertz CT molecular complexity index is 312. The number of nitrogens with one attached hydrogen (secondary N) is 1. The molecule has 1 saturated carbocycles. The molecule has 1 aliphatic rings. The molecule has 0 spiro atoms. The minimum atomic E-state index is -0.497. The average molecular weight is 271 g/mol. The SMILES string of the molecule is CC(C)(C)OC(=O)NC1(C(C)(C)CO)CCCCC1. The van der Waals surface area contributed by atoms with Gasteiger partial charge in [-0.25, -0.2) is 4.79 Å². The molecule has 1 rings (SSSR count). The molecule has 0 heterocycles. The van der Waals surface area contributed by atoms with Crippen molar-refractivity contribution in [3.05, 3.63) is 0 Å². The molecule has 0 bridgehead atoms. The molecule has 0 aromatic rings. The number of carbonyl (C=O) groups is 1. The number of hydrogen-bond acceptors (Lipinski definition) is 3. The molecule has 112 valence electrons. The van der Waals surface area contributed by atoms with Gasteiger partial charge in [0, 0.05) is 5.41 Å². The third-order valence-corrected chi connectivity index (χ3v) is 4.14. The van der Waals surface area contributed by atoms with E-state index >= 15 is 0 Å². The van der Waals surface area contributed by atoms with E-state index in [1.54, 1.807) is 0 Å². The van der Waals surface area contributed by atoms with Crippen LogP contribution < -0.4 is 5.32 Å². The predicted octanol–water partition coefficient (Wildman–Crippen LogP) is 3.23. The molecule has 1 fully saturated rings. The summed E-state index contributed by atoms with van der Waals surface area (Å²) in [6, 6.07) is 0. The van der Waals surface area contributed by atoms with Gasteiger partial charge in [-0.3, -0.25) is 0 Å². The largest absolute Gasteiger partial charge is 0.444 e. The van der Waals surface area contributed by atoms with Crippen LogP contribution in [0.4, 0.5) is 4.79 Å². The summed E-state index contributed by atoms with van der Waals surface area (Å²) in [5, 5.41) is 12.7. The fraction of sp³-hybridized carbons (Fsp3) is 0.933. The highest BCUT2D eigenvalue weighted by molar-refractivity contribution is 5.69. The summed E-state index contributed by atoms with van der Waals surface area (Å²) in [6.45, 7) is 9.65. The highest BCUT2D eigenvalue weighted by Crippen LogP contribution is 2.42. The molecule has 0 saturated heterocycles. The molecule has 0 unspecified atom stereocenters. The van der Waals surface area contributed by atoms with Crippen molar-refractivity contribution in [1.29, 1.82) is 0 Å². The summed E-state index contributed by atoms with van der Waals surface area (Å²) >= 11 is 0. The Labute approximate surface area is 116 Å². The van der Waals surface area contributed by atoms with Crippen molar-refractivity contribution in [3.8, 4) is 0 Å². The maximum atomic E-state index is 12.1. The normalized spacial score (nSPS) is 19.9. The van der Waals surface area contributed by atoms with Gasteiger partial charge < -0.3 is 15.2 Å². The standard InChI is InChI=1S/C15H29NO3/c1-13(2,3)19-12(18)16-15(14(4,5)11-17)9-7-6-8-10-15/h17H,6-11H2,1-5H3,(H,16,18). The number of alkyl carbamates (subject to hydrolysis) is 1. The number of amides is 1.